The van der Waals surface area contributed by atoms with Crippen LogP contribution in [0.1, 0.15) is 33.1 Å². The Labute approximate surface area is 118 Å². The van der Waals surface area contributed by atoms with E-state index in [2.05, 4.69) is 5.32 Å². The van der Waals surface area contributed by atoms with Crippen LogP contribution in [0.2, 0.25) is 0 Å². The second-order valence-corrected chi connectivity index (χ2v) is 7.22. The molecular weight excluding hydrogens is 282 g/mol. The van der Waals surface area contributed by atoms with Crippen molar-refractivity contribution in [3.05, 3.63) is 0 Å². The molecule has 1 amide bonds. The second kappa shape index (κ2) is 6.46. The van der Waals surface area contributed by atoms with Crippen molar-refractivity contribution in [1.29, 1.82) is 0 Å². The van der Waals surface area contributed by atoms with Crippen molar-refractivity contribution in [2.75, 3.05) is 13.1 Å². The molecular formula is C11H19Cl3N2O. The minimum Gasteiger partial charge on any atom is -0.337 e. The second-order valence-electron chi connectivity index (χ2n) is 4.85. The van der Waals surface area contributed by atoms with Crippen LogP contribution in [-0.4, -0.2) is 33.9 Å². The van der Waals surface area contributed by atoms with Gasteiger partial charge in [0.15, 0.2) is 0 Å². The molecule has 0 bridgehead atoms. The number of carbonyl (C=O) groups is 1. The van der Waals surface area contributed by atoms with E-state index in [1.54, 1.807) is 0 Å². The average molecular weight is 302 g/mol. The van der Waals surface area contributed by atoms with Crippen LogP contribution in [0.15, 0.2) is 0 Å². The van der Waals surface area contributed by atoms with Gasteiger partial charge < -0.3 is 5.32 Å². The number of halogens is 3. The van der Waals surface area contributed by atoms with Crippen LogP contribution in [0.25, 0.3) is 0 Å². The fourth-order valence-corrected chi connectivity index (χ4v) is 2.54. The maximum atomic E-state index is 11.8. The summed E-state index contributed by atoms with van der Waals surface area (Å²) in [5.41, 5.74) is 0. The lowest BCUT2D eigenvalue weighted by atomic mass is 10.1. The molecule has 1 aliphatic rings. The number of likely N-dealkylation sites (tertiary alicyclic amines) is 1. The smallest absolute Gasteiger partial charge is 0.223 e. The minimum atomic E-state index is -1.49. The van der Waals surface area contributed by atoms with E-state index in [1.807, 2.05) is 18.7 Å². The summed E-state index contributed by atoms with van der Waals surface area (Å²) in [6.45, 7) is 5.70. The Morgan fingerprint density at radius 3 is 2.24 bits per heavy atom. The van der Waals surface area contributed by atoms with Gasteiger partial charge >= 0.3 is 0 Å². The number of carbonyl (C=O) groups excluding carboxylic acids is 1. The van der Waals surface area contributed by atoms with Gasteiger partial charge in [0.1, 0.15) is 6.17 Å². The lowest BCUT2D eigenvalue weighted by Crippen LogP contribution is -2.54. The third-order valence-electron chi connectivity index (χ3n) is 2.71. The molecule has 1 fully saturated rings. The van der Waals surface area contributed by atoms with E-state index in [4.69, 9.17) is 34.8 Å². The zero-order valence-corrected chi connectivity index (χ0v) is 12.4. The van der Waals surface area contributed by atoms with Crippen LogP contribution < -0.4 is 5.32 Å². The van der Waals surface area contributed by atoms with E-state index in [0.717, 1.165) is 25.9 Å². The predicted octanol–water partition coefficient (Wildman–Crippen LogP) is 2.94. The summed E-state index contributed by atoms with van der Waals surface area (Å²) >= 11 is 17.8. The molecule has 0 saturated carbocycles. The molecule has 0 spiro atoms. The van der Waals surface area contributed by atoms with Crippen molar-refractivity contribution in [3.63, 3.8) is 0 Å². The van der Waals surface area contributed by atoms with Gasteiger partial charge in [-0.1, -0.05) is 48.7 Å². The van der Waals surface area contributed by atoms with Crippen molar-refractivity contribution >= 4 is 40.7 Å². The minimum absolute atomic E-state index is 0.0665. The molecule has 1 atom stereocenters. The number of hydrogen-bond donors (Lipinski definition) is 1. The molecule has 1 aliphatic heterocycles. The largest absolute Gasteiger partial charge is 0.337 e. The standard InChI is InChI=1S/C11H19Cl3N2O/c1-8(2)7-9(17)15-10(11(12,13)14)16-5-3-4-6-16/h8,10H,3-7H2,1-2H3,(H,15,17). The average Bonchev–Trinajstić information content (AvgIpc) is 2.63. The number of nitrogens with zero attached hydrogens (tertiary/aromatic N) is 1. The van der Waals surface area contributed by atoms with Crippen LogP contribution in [0.4, 0.5) is 0 Å². The van der Waals surface area contributed by atoms with E-state index < -0.39 is 9.96 Å². The Bertz CT molecular complexity index is 260. The van der Waals surface area contributed by atoms with Gasteiger partial charge in [0.2, 0.25) is 9.70 Å². The van der Waals surface area contributed by atoms with Crippen molar-refractivity contribution < 1.29 is 4.79 Å². The molecule has 0 aromatic carbocycles. The number of hydrogen-bond acceptors (Lipinski definition) is 2. The maximum absolute atomic E-state index is 11.8. The Kier molecular flexibility index (Phi) is 5.84. The van der Waals surface area contributed by atoms with Crippen molar-refractivity contribution in [2.45, 2.75) is 43.1 Å². The SMILES string of the molecule is CC(C)CC(=O)NC(N1CCCC1)C(Cl)(Cl)Cl. The van der Waals surface area contributed by atoms with E-state index in [9.17, 15) is 4.79 Å². The fraction of sp³-hybridized carbons (Fsp3) is 0.909. The first-order valence-electron chi connectivity index (χ1n) is 5.91. The van der Waals surface area contributed by atoms with Gasteiger partial charge in [-0.05, 0) is 18.8 Å². The van der Waals surface area contributed by atoms with Crippen LogP contribution >= 0.6 is 34.8 Å². The monoisotopic (exact) mass is 300 g/mol. The summed E-state index contributed by atoms with van der Waals surface area (Å²) < 4.78 is -1.49. The Morgan fingerprint density at radius 1 is 1.29 bits per heavy atom. The normalized spacial score (nSPS) is 19.6. The van der Waals surface area contributed by atoms with Crippen LogP contribution in [0.5, 0.6) is 0 Å². The molecule has 0 aromatic rings. The summed E-state index contributed by atoms with van der Waals surface area (Å²) in [4.78, 5) is 13.8. The summed E-state index contributed by atoms with van der Waals surface area (Å²) in [6, 6.07) is 0. The predicted molar refractivity (Wildman–Crippen MR) is 72.5 cm³/mol. The van der Waals surface area contributed by atoms with E-state index in [-0.39, 0.29) is 5.91 Å². The highest BCUT2D eigenvalue weighted by Gasteiger charge is 2.39. The molecule has 0 radical (unpaired) electrons. The van der Waals surface area contributed by atoms with Crippen molar-refractivity contribution in [1.82, 2.24) is 10.2 Å². The molecule has 1 rings (SSSR count). The van der Waals surface area contributed by atoms with E-state index in [0.29, 0.717) is 12.3 Å². The molecule has 6 heteroatoms. The molecule has 1 N–H and O–H groups in total. The molecule has 17 heavy (non-hydrogen) atoms. The van der Waals surface area contributed by atoms with E-state index >= 15 is 0 Å². The van der Waals surface area contributed by atoms with Gasteiger partial charge in [-0.2, -0.15) is 0 Å². The molecule has 3 nitrogen and oxygen atoms in total. The highest BCUT2D eigenvalue weighted by molar-refractivity contribution is 6.68. The van der Waals surface area contributed by atoms with Gasteiger partial charge in [0.25, 0.3) is 0 Å². The van der Waals surface area contributed by atoms with E-state index in [1.165, 1.54) is 0 Å². The van der Waals surface area contributed by atoms with Gasteiger partial charge in [0, 0.05) is 19.5 Å². The van der Waals surface area contributed by atoms with Crippen LogP contribution in [-0.2, 0) is 4.79 Å². The summed E-state index contributed by atoms with van der Waals surface area (Å²) in [7, 11) is 0. The number of amides is 1. The lowest BCUT2D eigenvalue weighted by molar-refractivity contribution is -0.123. The molecule has 1 saturated heterocycles. The highest BCUT2D eigenvalue weighted by atomic mass is 35.6. The zero-order valence-electron chi connectivity index (χ0n) is 10.2. The molecule has 100 valence electrons. The Morgan fingerprint density at radius 2 is 1.82 bits per heavy atom. The van der Waals surface area contributed by atoms with Gasteiger partial charge in [0.05, 0.1) is 0 Å². The Balaban J connectivity index is 2.61. The third-order valence-corrected chi connectivity index (χ3v) is 3.33. The van der Waals surface area contributed by atoms with Gasteiger partial charge in [-0.25, -0.2) is 0 Å². The Hall–Kier alpha value is 0.300. The van der Waals surface area contributed by atoms with Gasteiger partial charge in [-0.15, -0.1) is 0 Å². The fourth-order valence-electron chi connectivity index (χ4n) is 1.96. The molecule has 1 heterocycles. The number of alkyl halides is 3. The molecule has 0 aromatic heterocycles. The zero-order chi connectivity index (χ0) is 13.1. The van der Waals surface area contributed by atoms with Crippen molar-refractivity contribution in [3.8, 4) is 0 Å². The van der Waals surface area contributed by atoms with Crippen LogP contribution in [0.3, 0.4) is 0 Å². The van der Waals surface area contributed by atoms with Gasteiger partial charge in [-0.3, -0.25) is 9.69 Å². The lowest BCUT2D eigenvalue weighted by Gasteiger charge is -2.33. The summed E-state index contributed by atoms with van der Waals surface area (Å²) in [5, 5.41) is 2.82. The highest BCUT2D eigenvalue weighted by Crippen LogP contribution is 2.33. The first-order chi connectivity index (χ1) is 7.80. The number of nitrogens with one attached hydrogen (secondary N) is 1. The first kappa shape index (κ1) is 15.4. The topological polar surface area (TPSA) is 32.3 Å². The van der Waals surface area contributed by atoms with Crippen molar-refractivity contribution in [2.24, 2.45) is 5.92 Å². The molecule has 1 unspecified atom stereocenters. The maximum Gasteiger partial charge on any atom is 0.223 e. The van der Waals surface area contributed by atoms with Crippen LogP contribution in [0, 0.1) is 5.92 Å². The first-order valence-corrected chi connectivity index (χ1v) is 7.04. The quantitative estimate of drug-likeness (QED) is 0.810. The summed E-state index contributed by atoms with van der Waals surface area (Å²) in [5.74, 6) is 0.229. The number of rotatable bonds is 4. The third kappa shape index (κ3) is 5.21. The molecule has 0 aliphatic carbocycles. The summed E-state index contributed by atoms with van der Waals surface area (Å²) in [6.07, 6.45) is 2.08.